The molecule has 1 fully saturated rings. The highest BCUT2D eigenvalue weighted by atomic mass is 15.6. The molecule has 0 amide bonds. The average molecular weight is 170 g/mol. The minimum Gasteiger partial charge on any atom is -0.242 e. The average Bonchev–Trinajstić information content (AvgIpc) is 2.10. The van der Waals surface area contributed by atoms with Crippen molar-refractivity contribution in [2.75, 3.05) is 19.6 Å². The van der Waals surface area contributed by atoms with Crippen LogP contribution in [0.3, 0.4) is 0 Å². The van der Waals surface area contributed by atoms with Gasteiger partial charge in [-0.15, -0.1) is 0 Å². The molecule has 1 saturated heterocycles. The lowest BCUT2D eigenvalue weighted by molar-refractivity contribution is -0.0654. The normalized spacial score (nSPS) is 26.5. The third kappa shape index (κ3) is 2.20. The first-order valence-corrected chi connectivity index (χ1v) is 5.31. The Labute approximate surface area is 76.5 Å². The molecule has 12 heavy (non-hydrogen) atoms. The summed E-state index contributed by atoms with van der Waals surface area (Å²) in [6.07, 6.45) is 4.16. The Hall–Kier alpha value is -0.0800. The predicted molar refractivity (Wildman–Crippen MR) is 52.9 cm³/mol. The fourth-order valence-electron chi connectivity index (χ4n) is 2.09. The van der Waals surface area contributed by atoms with E-state index in [1.807, 2.05) is 0 Å². The van der Waals surface area contributed by atoms with Crippen LogP contribution in [0.1, 0.15) is 40.0 Å². The fourth-order valence-corrected chi connectivity index (χ4v) is 2.09. The van der Waals surface area contributed by atoms with Crippen molar-refractivity contribution in [1.82, 2.24) is 10.0 Å². The molecule has 1 atom stereocenters. The Morgan fingerprint density at radius 3 is 2.42 bits per heavy atom. The molecule has 1 aliphatic heterocycles. The Kier molecular flexibility index (Phi) is 4.02. The molecule has 0 N–H and O–H groups in total. The van der Waals surface area contributed by atoms with E-state index in [1.165, 1.54) is 25.8 Å². The molecule has 0 aromatic heterocycles. The Bertz CT molecular complexity index is 121. The molecular weight excluding hydrogens is 148 g/mol. The topological polar surface area (TPSA) is 6.48 Å². The second-order valence-corrected chi connectivity index (χ2v) is 3.65. The molecule has 1 unspecified atom stereocenters. The van der Waals surface area contributed by atoms with Gasteiger partial charge < -0.3 is 0 Å². The first-order chi connectivity index (χ1) is 5.79. The van der Waals surface area contributed by atoms with Gasteiger partial charge in [-0.3, -0.25) is 0 Å². The maximum absolute atomic E-state index is 2.55. The lowest BCUT2D eigenvalue weighted by Gasteiger charge is -2.41. The third-order valence-electron chi connectivity index (χ3n) is 2.86. The van der Waals surface area contributed by atoms with Crippen molar-refractivity contribution in [3.05, 3.63) is 0 Å². The van der Waals surface area contributed by atoms with Crippen molar-refractivity contribution in [3.8, 4) is 0 Å². The first kappa shape index (κ1) is 10.0. The predicted octanol–water partition coefficient (Wildman–Crippen LogP) is 2.12. The van der Waals surface area contributed by atoms with Gasteiger partial charge in [0.25, 0.3) is 0 Å². The van der Waals surface area contributed by atoms with E-state index < -0.39 is 0 Å². The summed E-state index contributed by atoms with van der Waals surface area (Å²) < 4.78 is 0. The molecule has 0 radical (unpaired) electrons. The van der Waals surface area contributed by atoms with Crippen LogP contribution in [0.5, 0.6) is 0 Å². The van der Waals surface area contributed by atoms with Crippen molar-refractivity contribution in [1.29, 1.82) is 0 Å². The van der Waals surface area contributed by atoms with Gasteiger partial charge in [0.1, 0.15) is 0 Å². The molecule has 0 aromatic rings. The van der Waals surface area contributed by atoms with Gasteiger partial charge in [0.15, 0.2) is 0 Å². The molecule has 0 bridgehead atoms. The molecular formula is C10H22N2. The second-order valence-electron chi connectivity index (χ2n) is 3.65. The highest BCUT2D eigenvalue weighted by Crippen LogP contribution is 2.17. The molecule has 0 aliphatic carbocycles. The standard InChI is InChI=1S/C10H22N2/c1-4-11(5-2)12-9-7-6-8-10(12)3/h10H,4-9H2,1-3H3. The van der Waals surface area contributed by atoms with E-state index in [1.54, 1.807) is 0 Å². The van der Waals surface area contributed by atoms with Gasteiger partial charge in [-0.1, -0.05) is 20.3 Å². The number of hydrogen-bond donors (Lipinski definition) is 0. The van der Waals surface area contributed by atoms with Gasteiger partial charge in [-0.25, -0.2) is 10.0 Å². The van der Waals surface area contributed by atoms with Gasteiger partial charge in [0.2, 0.25) is 0 Å². The lowest BCUT2D eigenvalue weighted by Crippen LogP contribution is -2.49. The molecule has 72 valence electrons. The maximum atomic E-state index is 2.55. The van der Waals surface area contributed by atoms with Crippen molar-refractivity contribution in [2.45, 2.75) is 46.1 Å². The monoisotopic (exact) mass is 170 g/mol. The molecule has 1 heterocycles. The second kappa shape index (κ2) is 4.83. The summed E-state index contributed by atoms with van der Waals surface area (Å²) in [6, 6.07) is 0.763. The summed E-state index contributed by atoms with van der Waals surface area (Å²) >= 11 is 0. The number of rotatable bonds is 3. The largest absolute Gasteiger partial charge is 0.242 e. The zero-order valence-corrected chi connectivity index (χ0v) is 8.71. The number of hydrazine groups is 1. The molecule has 2 heteroatoms. The van der Waals surface area contributed by atoms with Gasteiger partial charge in [-0.05, 0) is 19.8 Å². The van der Waals surface area contributed by atoms with Gasteiger partial charge in [0.05, 0.1) is 0 Å². The highest BCUT2D eigenvalue weighted by Gasteiger charge is 2.21. The van der Waals surface area contributed by atoms with E-state index in [-0.39, 0.29) is 0 Å². The minimum atomic E-state index is 0.763. The van der Waals surface area contributed by atoms with Gasteiger partial charge in [-0.2, -0.15) is 0 Å². The van der Waals surface area contributed by atoms with E-state index in [4.69, 9.17) is 0 Å². The van der Waals surface area contributed by atoms with E-state index in [0.29, 0.717) is 0 Å². The Morgan fingerprint density at radius 1 is 1.25 bits per heavy atom. The SMILES string of the molecule is CCN(CC)N1CCCCC1C. The number of nitrogens with zero attached hydrogens (tertiary/aromatic N) is 2. The van der Waals surface area contributed by atoms with E-state index >= 15 is 0 Å². The molecule has 2 nitrogen and oxygen atoms in total. The van der Waals surface area contributed by atoms with Crippen LogP contribution < -0.4 is 0 Å². The smallest absolute Gasteiger partial charge is 0.0217 e. The van der Waals surface area contributed by atoms with Crippen LogP contribution in [0.15, 0.2) is 0 Å². The third-order valence-corrected chi connectivity index (χ3v) is 2.86. The zero-order valence-electron chi connectivity index (χ0n) is 8.71. The van der Waals surface area contributed by atoms with Crippen LogP contribution in [0.4, 0.5) is 0 Å². The molecule has 0 saturated carbocycles. The minimum absolute atomic E-state index is 0.763. The quantitative estimate of drug-likeness (QED) is 0.640. The van der Waals surface area contributed by atoms with E-state index in [9.17, 15) is 0 Å². The van der Waals surface area contributed by atoms with Crippen molar-refractivity contribution >= 4 is 0 Å². The maximum Gasteiger partial charge on any atom is 0.0217 e. The van der Waals surface area contributed by atoms with Gasteiger partial charge >= 0.3 is 0 Å². The summed E-state index contributed by atoms with van der Waals surface area (Å²) in [5, 5.41) is 5.01. The highest BCUT2D eigenvalue weighted by molar-refractivity contribution is 4.70. The van der Waals surface area contributed by atoms with Gasteiger partial charge in [0, 0.05) is 25.7 Å². The van der Waals surface area contributed by atoms with Crippen LogP contribution >= 0.6 is 0 Å². The van der Waals surface area contributed by atoms with Crippen LogP contribution in [0, 0.1) is 0 Å². The van der Waals surface area contributed by atoms with E-state index in [0.717, 1.165) is 19.1 Å². The number of hydrogen-bond acceptors (Lipinski definition) is 2. The summed E-state index contributed by atoms with van der Waals surface area (Å²) in [6.45, 7) is 10.4. The molecule has 0 aromatic carbocycles. The lowest BCUT2D eigenvalue weighted by atomic mass is 10.1. The van der Waals surface area contributed by atoms with Crippen LogP contribution in [0.2, 0.25) is 0 Å². The first-order valence-electron chi connectivity index (χ1n) is 5.31. The molecule has 0 spiro atoms. The number of piperidine rings is 1. The van der Waals surface area contributed by atoms with Crippen LogP contribution in [-0.2, 0) is 0 Å². The molecule has 1 rings (SSSR count). The fraction of sp³-hybridized carbons (Fsp3) is 1.00. The zero-order chi connectivity index (χ0) is 8.97. The summed E-state index contributed by atoms with van der Waals surface area (Å²) in [5.41, 5.74) is 0. The van der Waals surface area contributed by atoms with Crippen molar-refractivity contribution in [2.24, 2.45) is 0 Å². The van der Waals surface area contributed by atoms with Crippen LogP contribution in [0.25, 0.3) is 0 Å². The summed E-state index contributed by atoms with van der Waals surface area (Å²) in [7, 11) is 0. The molecule has 1 aliphatic rings. The van der Waals surface area contributed by atoms with Crippen molar-refractivity contribution in [3.63, 3.8) is 0 Å². The summed E-state index contributed by atoms with van der Waals surface area (Å²) in [4.78, 5) is 0. The Balaban J connectivity index is 2.45. The van der Waals surface area contributed by atoms with Crippen LogP contribution in [-0.4, -0.2) is 35.7 Å². The summed E-state index contributed by atoms with van der Waals surface area (Å²) in [5.74, 6) is 0. The van der Waals surface area contributed by atoms with Crippen molar-refractivity contribution < 1.29 is 0 Å². The Morgan fingerprint density at radius 2 is 1.92 bits per heavy atom. The van der Waals surface area contributed by atoms with E-state index in [2.05, 4.69) is 30.8 Å².